The van der Waals surface area contributed by atoms with Crippen LogP contribution in [0.15, 0.2) is 23.1 Å². The largest absolute Gasteiger partial charge is 0.496 e. The summed E-state index contributed by atoms with van der Waals surface area (Å²) in [7, 11) is 1.29. The Hall–Kier alpha value is -1.11. The molecule has 1 rings (SSSR count). The lowest BCUT2D eigenvalue weighted by molar-refractivity contribution is 0.189. The van der Waals surface area contributed by atoms with Gasteiger partial charge in [0.25, 0.3) is 0 Å². The minimum absolute atomic E-state index is 0.283. The molecule has 5 nitrogen and oxygen atoms in total. The summed E-state index contributed by atoms with van der Waals surface area (Å²) in [6.07, 6.45) is 0.668. The van der Waals surface area contributed by atoms with Gasteiger partial charge in [0.2, 0.25) is 10.0 Å². The highest BCUT2D eigenvalue weighted by molar-refractivity contribution is 7.89. The molecule has 19 heavy (non-hydrogen) atoms. The predicted octanol–water partition coefficient (Wildman–Crippen LogP) is 1.66. The molecule has 0 N–H and O–H groups in total. The average molecular weight is 287 g/mol. The van der Waals surface area contributed by atoms with Crippen LogP contribution in [0.3, 0.4) is 0 Å². The second-order valence-corrected chi connectivity index (χ2v) is 6.35. The molecule has 0 fully saturated rings. The molecule has 0 amide bonds. The maximum absolute atomic E-state index is 12.3. The SMILES string of the molecule is COCCCN(C)S(=O)(=O)c1ccc(OC)c(C)c1. The summed E-state index contributed by atoms with van der Waals surface area (Å²) in [5.41, 5.74) is 0.800. The first kappa shape index (κ1) is 15.9. The van der Waals surface area contributed by atoms with Crippen molar-refractivity contribution in [3.63, 3.8) is 0 Å². The van der Waals surface area contributed by atoms with E-state index >= 15 is 0 Å². The summed E-state index contributed by atoms with van der Waals surface area (Å²) < 4.78 is 36.0. The van der Waals surface area contributed by atoms with E-state index in [1.54, 1.807) is 39.5 Å². The first-order valence-corrected chi connectivity index (χ1v) is 7.47. The molecule has 1 aromatic carbocycles. The van der Waals surface area contributed by atoms with Gasteiger partial charge in [0.05, 0.1) is 12.0 Å². The molecule has 0 unspecified atom stereocenters. The molecule has 0 saturated carbocycles. The van der Waals surface area contributed by atoms with Gasteiger partial charge in [-0.15, -0.1) is 0 Å². The molecule has 6 heteroatoms. The second kappa shape index (κ2) is 6.88. The van der Waals surface area contributed by atoms with Crippen molar-refractivity contribution in [3.05, 3.63) is 23.8 Å². The standard InChI is InChI=1S/C13H21NO4S/c1-11-10-12(6-7-13(11)18-4)19(15,16)14(2)8-5-9-17-3/h6-7,10H,5,8-9H2,1-4H3. The van der Waals surface area contributed by atoms with Gasteiger partial charge in [-0.25, -0.2) is 12.7 Å². The number of methoxy groups -OCH3 is 2. The summed E-state index contributed by atoms with van der Waals surface area (Å²) in [5.74, 6) is 0.681. The van der Waals surface area contributed by atoms with Crippen molar-refractivity contribution < 1.29 is 17.9 Å². The topological polar surface area (TPSA) is 55.8 Å². The molecule has 0 saturated heterocycles. The fourth-order valence-electron chi connectivity index (χ4n) is 1.74. The Kier molecular flexibility index (Phi) is 5.78. The van der Waals surface area contributed by atoms with Gasteiger partial charge in [0.1, 0.15) is 5.75 Å². The van der Waals surface area contributed by atoms with Crippen molar-refractivity contribution in [2.75, 3.05) is 34.4 Å². The quantitative estimate of drug-likeness (QED) is 0.716. The molecule has 0 spiro atoms. The summed E-state index contributed by atoms with van der Waals surface area (Å²) >= 11 is 0. The Morgan fingerprint density at radius 3 is 2.47 bits per heavy atom. The fourth-order valence-corrected chi connectivity index (χ4v) is 3.04. The van der Waals surface area contributed by atoms with Gasteiger partial charge >= 0.3 is 0 Å². The normalized spacial score (nSPS) is 11.8. The van der Waals surface area contributed by atoms with E-state index in [4.69, 9.17) is 9.47 Å². The molecule has 0 heterocycles. The average Bonchev–Trinajstić information content (AvgIpc) is 2.38. The van der Waals surface area contributed by atoms with Crippen LogP contribution in [-0.2, 0) is 14.8 Å². The zero-order valence-corrected chi connectivity index (χ0v) is 12.7. The molecule has 0 aliphatic carbocycles. The lowest BCUT2D eigenvalue weighted by atomic mass is 10.2. The molecular formula is C13H21NO4S. The third-order valence-electron chi connectivity index (χ3n) is 2.90. The van der Waals surface area contributed by atoms with Crippen LogP contribution in [0.1, 0.15) is 12.0 Å². The van der Waals surface area contributed by atoms with E-state index in [9.17, 15) is 8.42 Å². The Balaban J connectivity index is 2.90. The number of rotatable bonds is 7. The van der Waals surface area contributed by atoms with Crippen LogP contribution in [-0.4, -0.2) is 47.1 Å². The van der Waals surface area contributed by atoms with E-state index in [1.807, 2.05) is 6.92 Å². The highest BCUT2D eigenvalue weighted by Crippen LogP contribution is 2.23. The van der Waals surface area contributed by atoms with Crippen LogP contribution in [0.5, 0.6) is 5.75 Å². The van der Waals surface area contributed by atoms with E-state index in [0.29, 0.717) is 25.3 Å². The maximum atomic E-state index is 12.3. The Morgan fingerprint density at radius 1 is 1.26 bits per heavy atom. The monoisotopic (exact) mass is 287 g/mol. The maximum Gasteiger partial charge on any atom is 0.242 e. The predicted molar refractivity (Wildman–Crippen MR) is 74.0 cm³/mol. The van der Waals surface area contributed by atoms with Crippen LogP contribution in [0.2, 0.25) is 0 Å². The summed E-state index contributed by atoms with van der Waals surface area (Å²) in [6.45, 7) is 2.80. The highest BCUT2D eigenvalue weighted by Gasteiger charge is 2.20. The molecular weight excluding hydrogens is 266 g/mol. The lowest BCUT2D eigenvalue weighted by Gasteiger charge is -2.17. The van der Waals surface area contributed by atoms with Crippen molar-refractivity contribution in [1.82, 2.24) is 4.31 Å². The number of hydrogen-bond donors (Lipinski definition) is 0. The van der Waals surface area contributed by atoms with Crippen molar-refractivity contribution in [1.29, 1.82) is 0 Å². The number of nitrogens with zero attached hydrogens (tertiary/aromatic N) is 1. The van der Waals surface area contributed by atoms with Crippen molar-refractivity contribution in [2.45, 2.75) is 18.2 Å². The molecule has 0 aromatic heterocycles. The van der Waals surface area contributed by atoms with Crippen molar-refractivity contribution >= 4 is 10.0 Å². The van der Waals surface area contributed by atoms with E-state index < -0.39 is 10.0 Å². The van der Waals surface area contributed by atoms with Crippen LogP contribution in [0.25, 0.3) is 0 Å². The van der Waals surface area contributed by atoms with Gasteiger partial charge < -0.3 is 9.47 Å². The third kappa shape index (κ3) is 3.92. The first-order valence-electron chi connectivity index (χ1n) is 6.03. The van der Waals surface area contributed by atoms with E-state index in [2.05, 4.69) is 0 Å². The molecule has 0 radical (unpaired) electrons. The van der Waals surface area contributed by atoms with E-state index in [1.165, 1.54) is 4.31 Å². The Labute approximate surface area is 115 Å². The Bertz CT molecular complexity index is 513. The number of hydrogen-bond acceptors (Lipinski definition) is 4. The van der Waals surface area contributed by atoms with Gasteiger partial charge in [-0.3, -0.25) is 0 Å². The van der Waals surface area contributed by atoms with Crippen LogP contribution >= 0.6 is 0 Å². The van der Waals surface area contributed by atoms with Crippen LogP contribution < -0.4 is 4.74 Å². The minimum Gasteiger partial charge on any atom is -0.496 e. The fraction of sp³-hybridized carbons (Fsp3) is 0.538. The van der Waals surface area contributed by atoms with Gasteiger partial charge in [-0.05, 0) is 37.1 Å². The summed E-state index contributed by atoms with van der Waals surface area (Å²) in [5, 5.41) is 0. The van der Waals surface area contributed by atoms with Gasteiger partial charge in [0, 0.05) is 27.3 Å². The second-order valence-electron chi connectivity index (χ2n) is 4.30. The van der Waals surface area contributed by atoms with E-state index in [0.717, 1.165) is 5.56 Å². The summed E-state index contributed by atoms with van der Waals surface area (Å²) in [4.78, 5) is 0.283. The Morgan fingerprint density at radius 2 is 1.95 bits per heavy atom. The lowest BCUT2D eigenvalue weighted by Crippen LogP contribution is -2.28. The van der Waals surface area contributed by atoms with Gasteiger partial charge in [-0.1, -0.05) is 0 Å². The molecule has 1 aromatic rings. The van der Waals surface area contributed by atoms with Crippen LogP contribution in [0, 0.1) is 6.92 Å². The number of benzene rings is 1. The molecule has 0 bridgehead atoms. The van der Waals surface area contributed by atoms with Gasteiger partial charge in [-0.2, -0.15) is 0 Å². The molecule has 0 aliphatic rings. The zero-order chi connectivity index (χ0) is 14.5. The zero-order valence-electron chi connectivity index (χ0n) is 11.8. The number of ether oxygens (including phenoxy) is 2. The minimum atomic E-state index is -3.44. The third-order valence-corrected chi connectivity index (χ3v) is 4.75. The first-order chi connectivity index (χ1) is 8.93. The highest BCUT2D eigenvalue weighted by atomic mass is 32.2. The van der Waals surface area contributed by atoms with Gasteiger partial charge in [0.15, 0.2) is 0 Å². The number of aryl methyl sites for hydroxylation is 1. The van der Waals surface area contributed by atoms with Crippen molar-refractivity contribution in [2.24, 2.45) is 0 Å². The number of sulfonamides is 1. The van der Waals surface area contributed by atoms with E-state index in [-0.39, 0.29) is 4.90 Å². The molecule has 0 atom stereocenters. The molecule has 0 aliphatic heterocycles. The molecule has 108 valence electrons. The van der Waals surface area contributed by atoms with Crippen LogP contribution in [0.4, 0.5) is 0 Å². The summed E-state index contributed by atoms with van der Waals surface area (Å²) in [6, 6.07) is 4.86. The smallest absolute Gasteiger partial charge is 0.242 e. The van der Waals surface area contributed by atoms with Crippen molar-refractivity contribution in [3.8, 4) is 5.75 Å².